The van der Waals surface area contributed by atoms with E-state index in [1.807, 2.05) is 24.3 Å². The summed E-state index contributed by atoms with van der Waals surface area (Å²) >= 11 is 0. The molecule has 0 saturated carbocycles. The lowest BCUT2D eigenvalue weighted by Crippen LogP contribution is -2.07. The van der Waals surface area contributed by atoms with Crippen molar-refractivity contribution in [3.63, 3.8) is 0 Å². The molecule has 0 fully saturated rings. The first kappa shape index (κ1) is 15.4. The van der Waals surface area contributed by atoms with Gasteiger partial charge in [-0.3, -0.25) is 0 Å². The van der Waals surface area contributed by atoms with Crippen LogP contribution in [0.15, 0.2) is 36.4 Å². The van der Waals surface area contributed by atoms with Crippen LogP contribution in [0.2, 0.25) is 0 Å². The SMILES string of the molecule is Cc1cc2nc(C)n(CCCOc3ccccc3N)c2cc1C. The smallest absolute Gasteiger partial charge is 0.142 e. The molecular formula is C19H23N3O. The number of aryl methyl sites for hydroxylation is 4. The summed E-state index contributed by atoms with van der Waals surface area (Å²) in [5.41, 5.74) is 11.4. The first-order valence-corrected chi connectivity index (χ1v) is 7.97. The van der Waals surface area contributed by atoms with E-state index in [-0.39, 0.29) is 0 Å². The number of hydrogen-bond donors (Lipinski definition) is 1. The Bertz CT molecular complexity index is 836. The normalized spacial score (nSPS) is 11.1. The summed E-state index contributed by atoms with van der Waals surface area (Å²) in [5.74, 6) is 1.80. The molecule has 0 aliphatic rings. The van der Waals surface area contributed by atoms with E-state index in [2.05, 4.69) is 42.5 Å². The van der Waals surface area contributed by atoms with Gasteiger partial charge in [-0.05, 0) is 62.6 Å². The summed E-state index contributed by atoms with van der Waals surface area (Å²) in [6, 6.07) is 12.0. The molecule has 120 valence electrons. The zero-order valence-corrected chi connectivity index (χ0v) is 14.0. The predicted octanol–water partition coefficient (Wildman–Crippen LogP) is 4.01. The first-order valence-electron chi connectivity index (χ1n) is 7.97. The molecule has 0 aliphatic heterocycles. The minimum Gasteiger partial charge on any atom is -0.491 e. The van der Waals surface area contributed by atoms with Crippen molar-refractivity contribution in [2.24, 2.45) is 0 Å². The molecular weight excluding hydrogens is 286 g/mol. The van der Waals surface area contributed by atoms with Crippen LogP contribution < -0.4 is 10.5 Å². The van der Waals surface area contributed by atoms with Crippen molar-refractivity contribution in [1.82, 2.24) is 9.55 Å². The van der Waals surface area contributed by atoms with Gasteiger partial charge in [-0.2, -0.15) is 0 Å². The van der Waals surface area contributed by atoms with Gasteiger partial charge in [0.2, 0.25) is 0 Å². The van der Waals surface area contributed by atoms with Crippen molar-refractivity contribution >= 4 is 16.7 Å². The largest absolute Gasteiger partial charge is 0.491 e. The Morgan fingerprint density at radius 3 is 2.61 bits per heavy atom. The zero-order valence-electron chi connectivity index (χ0n) is 14.0. The highest BCUT2D eigenvalue weighted by Crippen LogP contribution is 2.22. The third-order valence-electron chi connectivity index (χ3n) is 4.26. The Balaban J connectivity index is 1.69. The molecule has 2 aromatic carbocycles. The van der Waals surface area contributed by atoms with E-state index in [1.54, 1.807) is 0 Å². The molecule has 0 bridgehead atoms. The number of fused-ring (bicyclic) bond motifs is 1. The molecule has 0 radical (unpaired) electrons. The lowest BCUT2D eigenvalue weighted by atomic mass is 10.1. The van der Waals surface area contributed by atoms with Gasteiger partial charge in [0.05, 0.1) is 23.3 Å². The topological polar surface area (TPSA) is 53.1 Å². The van der Waals surface area contributed by atoms with Crippen LogP contribution in [0, 0.1) is 20.8 Å². The Kier molecular flexibility index (Phi) is 4.24. The average Bonchev–Trinajstić information content (AvgIpc) is 2.81. The lowest BCUT2D eigenvalue weighted by molar-refractivity contribution is 0.303. The van der Waals surface area contributed by atoms with E-state index in [0.717, 1.165) is 30.1 Å². The van der Waals surface area contributed by atoms with Gasteiger partial charge in [-0.25, -0.2) is 4.98 Å². The van der Waals surface area contributed by atoms with Crippen molar-refractivity contribution in [2.45, 2.75) is 33.7 Å². The van der Waals surface area contributed by atoms with Crippen molar-refractivity contribution in [1.29, 1.82) is 0 Å². The van der Waals surface area contributed by atoms with Gasteiger partial charge >= 0.3 is 0 Å². The van der Waals surface area contributed by atoms with Crippen LogP contribution in [0.5, 0.6) is 5.75 Å². The fourth-order valence-corrected chi connectivity index (χ4v) is 2.80. The summed E-state index contributed by atoms with van der Waals surface area (Å²) in [4.78, 5) is 4.67. The maximum absolute atomic E-state index is 5.89. The van der Waals surface area contributed by atoms with Crippen LogP contribution in [-0.4, -0.2) is 16.2 Å². The summed E-state index contributed by atoms with van der Waals surface area (Å²) in [6.45, 7) is 7.85. The van der Waals surface area contributed by atoms with E-state index in [0.29, 0.717) is 12.3 Å². The molecule has 0 amide bonds. The summed E-state index contributed by atoms with van der Waals surface area (Å²) < 4.78 is 8.03. The Hall–Kier alpha value is -2.49. The number of hydrogen-bond acceptors (Lipinski definition) is 3. The second-order valence-electron chi connectivity index (χ2n) is 5.98. The Morgan fingerprint density at radius 1 is 1.09 bits per heavy atom. The maximum atomic E-state index is 5.89. The standard InChI is InChI=1S/C19H23N3O/c1-13-11-17-18(12-14(13)2)22(15(3)21-17)9-6-10-23-19-8-5-4-7-16(19)20/h4-5,7-8,11-12H,6,9-10,20H2,1-3H3. The van der Waals surface area contributed by atoms with Gasteiger partial charge < -0.3 is 15.0 Å². The van der Waals surface area contributed by atoms with Crippen LogP contribution in [-0.2, 0) is 6.54 Å². The van der Waals surface area contributed by atoms with Gasteiger partial charge in [-0.1, -0.05) is 12.1 Å². The van der Waals surface area contributed by atoms with Gasteiger partial charge in [0, 0.05) is 6.54 Å². The van der Waals surface area contributed by atoms with E-state index in [9.17, 15) is 0 Å². The van der Waals surface area contributed by atoms with Crippen LogP contribution in [0.4, 0.5) is 5.69 Å². The maximum Gasteiger partial charge on any atom is 0.142 e. The predicted molar refractivity (Wildman–Crippen MR) is 94.9 cm³/mol. The van der Waals surface area contributed by atoms with Crippen LogP contribution >= 0.6 is 0 Å². The number of aromatic nitrogens is 2. The number of anilines is 1. The Labute approximate surface area is 136 Å². The minimum atomic E-state index is 0.637. The lowest BCUT2D eigenvalue weighted by Gasteiger charge is -2.10. The molecule has 1 heterocycles. The van der Waals surface area contributed by atoms with E-state index in [1.165, 1.54) is 16.6 Å². The second kappa shape index (κ2) is 6.32. The van der Waals surface area contributed by atoms with Gasteiger partial charge in [0.15, 0.2) is 0 Å². The first-order chi connectivity index (χ1) is 11.1. The number of rotatable bonds is 5. The fraction of sp³-hybridized carbons (Fsp3) is 0.316. The monoisotopic (exact) mass is 309 g/mol. The highest BCUT2D eigenvalue weighted by Gasteiger charge is 2.09. The van der Waals surface area contributed by atoms with E-state index in [4.69, 9.17) is 10.5 Å². The molecule has 4 heteroatoms. The number of imidazole rings is 1. The molecule has 0 unspecified atom stereocenters. The molecule has 0 saturated heterocycles. The number of nitrogens with two attached hydrogens (primary N) is 1. The van der Waals surface area contributed by atoms with Crippen molar-refractivity contribution < 1.29 is 4.74 Å². The summed E-state index contributed by atoms with van der Waals surface area (Å²) in [6.07, 6.45) is 0.910. The molecule has 0 aliphatic carbocycles. The second-order valence-corrected chi connectivity index (χ2v) is 5.98. The van der Waals surface area contributed by atoms with Crippen molar-refractivity contribution in [3.05, 3.63) is 53.3 Å². The molecule has 0 atom stereocenters. The molecule has 23 heavy (non-hydrogen) atoms. The van der Waals surface area contributed by atoms with E-state index >= 15 is 0 Å². The molecule has 4 nitrogen and oxygen atoms in total. The van der Waals surface area contributed by atoms with Gasteiger partial charge in [0.25, 0.3) is 0 Å². The third-order valence-corrected chi connectivity index (χ3v) is 4.26. The average molecular weight is 309 g/mol. The highest BCUT2D eigenvalue weighted by molar-refractivity contribution is 5.78. The quantitative estimate of drug-likeness (QED) is 0.572. The minimum absolute atomic E-state index is 0.637. The number of benzene rings is 2. The van der Waals surface area contributed by atoms with Crippen LogP contribution in [0.25, 0.3) is 11.0 Å². The molecule has 2 N–H and O–H groups in total. The van der Waals surface area contributed by atoms with Crippen molar-refractivity contribution in [3.8, 4) is 5.75 Å². The summed E-state index contributed by atoms with van der Waals surface area (Å²) in [5, 5.41) is 0. The van der Waals surface area contributed by atoms with Gasteiger partial charge in [0.1, 0.15) is 11.6 Å². The molecule has 0 spiro atoms. The number of nitrogen functional groups attached to an aromatic ring is 1. The van der Waals surface area contributed by atoms with Crippen LogP contribution in [0.3, 0.4) is 0 Å². The van der Waals surface area contributed by atoms with E-state index < -0.39 is 0 Å². The highest BCUT2D eigenvalue weighted by atomic mass is 16.5. The molecule has 3 aromatic rings. The van der Waals surface area contributed by atoms with Gasteiger partial charge in [-0.15, -0.1) is 0 Å². The Morgan fingerprint density at radius 2 is 1.83 bits per heavy atom. The van der Waals surface area contributed by atoms with Crippen LogP contribution in [0.1, 0.15) is 23.4 Å². The summed E-state index contributed by atoms with van der Waals surface area (Å²) in [7, 11) is 0. The third kappa shape index (κ3) is 3.16. The van der Waals surface area contributed by atoms with Crippen molar-refractivity contribution in [2.75, 3.05) is 12.3 Å². The number of ether oxygens (including phenoxy) is 1. The fourth-order valence-electron chi connectivity index (χ4n) is 2.80. The number of para-hydroxylation sites is 2. The number of nitrogens with zero attached hydrogens (tertiary/aromatic N) is 2. The molecule has 3 rings (SSSR count). The molecule has 1 aromatic heterocycles. The zero-order chi connectivity index (χ0) is 16.4.